The molecule has 3 aromatic carbocycles. The average molecular weight is 422 g/mol. The van der Waals surface area contributed by atoms with Gasteiger partial charge in [-0.3, -0.25) is 4.98 Å². The van der Waals surface area contributed by atoms with Crippen LogP contribution >= 0.6 is 0 Å². The van der Waals surface area contributed by atoms with Crippen LogP contribution in [-0.2, 0) is 6.37 Å². The Balaban J connectivity index is 1.68. The van der Waals surface area contributed by atoms with E-state index in [-0.39, 0.29) is 0 Å². The number of aromatic nitrogens is 1. The van der Waals surface area contributed by atoms with Crippen molar-refractivity contribution in [1.82, 2.24) is 4.98 Å². The zero-order chi connectivity index (χ0) is 24.3. The van der Waals surface area contributed by atoms with Gasteiger partial charge < -0.3 is 4.42 Å². The summed E-state index contributed by atoms with van der Waals surface area (Å²) < 4.78 is 23.8. The van der Waals surface area contributed by atoms with E-state index in [1.54, 1.807) is 12.3 Å². The van der Waals surface area contributed by atoms with Gasteiger partial charge in [0.15, 0.2) is 0 Å². The summed E-state index contributed by atoms with van der Waals surface area (Å²) in [6, 6.07) is 22.5. The van der Waals surface area contributed by atoms with E-state index in [1.165, 1.54) is 16.7 Å². The van der Waals surface area contributed by atoms with E-state index in [9.17, 15) is 0 Å². The van der Waals surface area contributed by atoms with Crippen LogP contribution in [0.25, 0.3) is 44.3 Å². The van der Waals surface area contributed by atoms with Crippen molar-refractivity contribution in [1.29, 1.82) is 0 Å². The second-order valence-electron chi connectivity index (χ2n) is 9.57. The predicted octanol–water partition coefficient (Wildman–Crippen LogP) is 8.52. The summed E-state index contributed by atoms with van der Waals surface area (Å²) in [7, 11) is 0. The van der Waals surface area contributed by atoms with Gasteiger partial charge in [0.25, 0.3) is 0 Å². The van der Waals surface area contributed by atoms with Crippen LogP contribution in [0.5, 0.6) is 0 Å². The molecular formula is C30H29NO. The van der Waals surface area contributed by atoms with Gasteiger partial charge in [0, 0.05) is 25.3 Å². The van der Waals surface area contributed by atoms with Crippen molar-refractivity contribution >= 4 is 21.9 Å². The molecule has 0 unspecified atom stereocenters. The van der Waals surface area contributed by atoms with Crippen LogP contribution in [0.3, 0.4) is 0 Å². The van der Waals surface area contributed by atoms with Gasteiger partial charge in [0.2, 0.25) is 0 Å². The molecule has 2 heterocycles. The number of para-hydroxylation sites is 1. The van der Waals surface area contributed by atoms with Gasteiger partial charge in [0.1, 0.15) is 11.2 Å². The van der Waals surface area contributed by atoms with Crippen molar-refractivity contribution in [2.24, 2.45) is 5.41 Å². The van der Waals surface area contributed by atoms with Crippen molar-refractivity contribution in [2.45, 2.75) is 41.0 Å². The van der Waals surface area contributed by atoms with Crippen LogP contribution in [0.15, 0.2) is 77.3 Å². The number of rotatable bonds is 3. The van der Waals surface area contributed by atoms with Gasteiger partial charge >= 0.3 is 0 Å². The minimum absolute atomic E-state index is 0.541. The quantitative estimate of drug-likeness (QED) is 0.292. The van der Waals surface area contributed by atoms with Gasteiger partial charge in [-0.2, -0.15) is 0 Å². The molecule has 0 saturated carbocycles. The predicted molar refractivity (Wildman–Crippen MR) is 135 cm³/mol. The summed E-state index contributed by atoms with van der Waals surface area (Å²) in [4.78, 5) is 4.59. The molecule has 0 amide bonds. The Hall–Kier alpha value is -3.39. The Bertz CT molecular complexity index is 1520. The number of furan rings is 1. The summed E-state index contributed by atoms with van der Waals surface area (Å²) >= 11 is 0. The smallest absolute Gasteiger partial charge is 0.144 e. The van der Waals surface area contributed by atoms with E-state index >= 15 is 0 Å². The van der Waals surface area contributed by atoms with Gasteiger partial charge in [-0.15, -0.1) is 0 Å². The monoisotopic (exact) mass is 421 g/mol. The summed E-state index contributed by atoms with van der Waals surface area (Å²) in [5.74, 6) is 0. The Kier molecular flexibility index (Phi) is 4.34. The highest BCUT2D eigenvalue weighted by Crippen LogP contribution is 2.38. The number of pyridine rings is 1. The molecular weight excluding hydrogens is 390 g/mol. The Morgan fingerprint density at radius 3 is 2.38 bits per heavy atom. The summed E-state index contributed by atoms with van der Waals surface area (Å²) in [5.41, 5.74) is 8.14. The summed E-state index contributed by atoms with van der Waals surface area (Å²) in [5, 5.41) is 2.10. The van der Waals surface area contributed by atoms with Gasteiger partial charge in [-0.05, 0) is 83.8 Å². The number of hydrogen-bond donors (Lipinski definition) is 0. The van der Waals surface area contributed by atoms with Crippen molar-refractivity contribution in [3.05, 3.63) is 89.6 Å². The minimum atomic E-state index is -1.49. The van der Waals surface area contributed by atoms with Gasteiger partial charge in [0.05, 0.1) is 5.69 Å². The number of aryl methyl sites for hydroxylation is 2. The van der Waals surface area contributed by atoms with Crippen molar-refractivity contribution in [3.8, 4) is 22.4 Å². The lowest BCUT2D eigenvalue weighted by Gasteiger charge is -2.18. The molecule has 32 heavy (non-hydrogen) atoms. The molecule has 0 atom stereocenters. The Morgan fingerprint density at radius 2 is 1.62 bits per heavy atom. The van der Waals surface area contributed by atoms with Crippen LogP contribution in [0.1, 0.15) is 40.2 Å². The molecule has 5 rings (SSSR count). The highest BCUT2D eigenvalue weighted by molar-refractivity contribution is 6.10. The molecule has 0 aliphatic carbocycles. The Morgan fingerprint density at radius 1 is 0.875 bits per heavy atom. The molecule has 0 aliphatic heterocycles. The van der Waals surface area contributed by atoms with E-state index in [2.05, 4.69) is 61.3 Å². The first kappa shape index (κ1) is 18.2. The highest BCUT2D eigenvalue weighted by Gasteiger charge is 2.16. The minimum Gasteiger partial charge on any atom is -0.455 e. The molecule has 2 heteroatoms. The van der Waals surface area contributed by atoms with Crippen molar-refractivity contribution in [3.63, 3.8) is 0 Å². The lowest BCUT2D eigenvalue weighted by molar-refractivity contribution is 0.411. The van der Waals surface area contributed by atoms with E-state index < -0.39 is 11.8 Å². The lowest BCUT2D eigenvalue weighted by Crippen LogP contribution is -2.09. The summed E-state index contributed by atoms with van der Waals surface area (Å²) in [6.07, 6.45) is 0.196. The molecule has 5 aromatic rings. The normalized spacial score (nSPS) is 13.4. The average Bonchev–Trinajstić information content (AvgIpc) is 3.16. The molecule has 0 bridgehead atoms. The first-order chi connectivity index (χ1) is 16.1. The highest BCUT2D eigenvalue weighted by atomic mass is 16.3. The Labute approximate surface area is 192 Å². The van der Waals surface area contributed by atoms with Crippen LogP contribution in [0, 0.1) is 19.3 Å². The fourth-order valence-corrected chi connectivity index (χ4v) is 4.51. The van der Waals surface area contributed by atoms with E-state index in [0.29, 0.717) is 11.3 Å². The zero-order valence-electron chi connectivity index (χ0n) is 21.3. The van der Waals surface area contributed by atoms with Crippen molar-refractivity contribution in [2.75, 3.05) is 0 Å². The second-order valence-corrected chi connectivity index (χ2v) is 9.57. The van der Waals surface area contributed by atoms with Crippen LogP contribution in [0.4, 0.5) is 0 Å². The molecule has 2 aromatic heterocycles. The third kappa shape index (κ3) is 3.71. The van der Waals surface area contributed by atoms with Crippen molar-refractivity contribution < 1.29 is 7.16 Å². The molecule has 160 valence electrons. The van der Waals surface area contributed by atoms with Gasteiger partial charge in [-0.25, -0.2) is 0 Å². The standard InChI is InChI=1S/C30H29NO/c1-19-8-6-9-20(2)28(19)22-12-13-23-24-10-7-11-25(29(24)32-27(23)17-22)26-16-21(14-15-31-26)18-30(3,4)5/h6-17H,18H2,1-5H3/i18D2. The maximum atomic E-state index is 8.68. The molecule has 0 fully saturated rings. The van der Waals surface area contributed by atoms with Crippen LogP contribution < -0.4 is 0 Å². The molecule has 0 saturated heterocycles. The number of hydrogen-bond acceptors (Lipinski definition) is 2. The largest absolute Gasteiger partial charge is 0.455 e. The number of benzene rings is 3. The molecule has 0 N–H and O–H groups in total. The first-order valence-corrected chi connectivity index (χ1v) is 11.1. The molecule has 0 spiro atoms. The third-order valence-corrected chi connectivity index (χ3v) is 5.82. The maximum Gasteiger partial charge on any atom is 0.144 e. The number of fused-ring (bicyclic) bond motifs is 3. The third-order valence-electron chi connectivity index (χ3n) is 5.82. The van der Waals surface area contributed by atoms with E-state index in [1.807, 2.05) is 39.0 Å². The number of nitrogens with zero attached hydrogens (tertiary/aromatic N) is 1. The SMILES string of the molecule is [2H]C([2H])(c1ccnc(-c2cccc3c2oc2cc(-c4c(C)cccc4C)ccc23)c1)C(C)(C)C. The van der Waals surface area contributed by atoms with Crippen LogP contribution in [-0.4, -0.2) is 4.98 Å². The molecule has 0 aliphatic rings. The van der Waals surface area contributed by atoms with E-state index in [0.717, 1.165) is 33.1 Å². The fraction of sp³-hybridized carbons (Fsp3) is 0.233. The van der Waals surface area contributed by atoms with Gasteiger partial charge in [-0.1, -0.05) is 57.2 Å². The zero-order valence-corrected chi connectivity index (χ0v) is 19.3. The second kappa shape index (κ2) is 7.63. The first-order valence-electron chi connectivity index (χ1n) is 12.1. The summed E-state index contributed by atoms with van der Waals surface area (Å²) in [6.45, 7) is 10.0. The van der Waals surface area contributed by atoms with E-state index in [4.69, 9.17) is 7.16 Å². The molecule has 0 radical (unpaired) electrons. The molecule has 2 nitrogen and oxygen atoms in total. The van der Waals surface area contributed by atoms with Crippen LogP contribution in [0.2, 0.25) is 0 Å². The topological polar surface area (TPSA) is 26.0 Å². The lowest BCUT2D eigenvalue weighted by atomic mass is 9.88. The maximum absolute atomic E-state index is 8.68. The fourth-order valence-electron chi connectivity index (χ4n) is 4.51.